The van der Waals surface area contributed by atoms with E-state index in [0.717, 1.165) is 16.5 Å². The number of hydrogen-bond donors (Lipinski definition) is 2. The Morgan fingerprint density at radius 2 is 2.00 bits per heavy atom. The number of carbonyl (C=O) groups excluding carboxylic acids is 1. The Bertz CT molecular complexity index is 1020. The van der Waals surface area contributed by atoms with Crippen LogP contribution < -0.4 is 4.72 Å². The highest BCUT2D eigenvalue weighted by Crippen LogP contribution is 2.27. The third-order valence-corrected chi connectivity index (χ3v) is 5.27. The molecule has 1 aromatic heterocycles. The SMILES string of the molecule is Cc1cccc(-n2cnc(C(=O)N[S+]([O-])c3cc(O)ccc3C)c2C(F)F)c1. The van der Waals surface area contributed by atoms with Gasteiger partial charge in [-0.2, -0.15) is 4.72 Å². The summed E-state index contributed by atoms with van der Waals surface area (Å²) in [6, 6.07) is 11.0. The fraction of sp³-hybridized carbons (Fsp3) is 0.158. The first-order valence-electron chi connectivity index (χ1n) is 8.22. The molecule has 0 saturated carbocycles. The number of carbonyl (C=O) groups is 1. The number of imidazole rings is 1. The van der Waals surface area contributed by atoms with Gasteiger partial charge in [-0.25, -0.2) is 13.8 Å². The van der Waals surface area contributed by atoms with Crippen molar-refractivity contribution in [3.8, 4) is 11.4 Å². The Labute approximate surface area is 163 Å². The van der Waals surface area contributed by atoms with Crippen LogP contribution in [-0.2, 0) is 11.4 Å². The molecule has 28 heavy (non-hydrogen) atoms. The van der Waals surface area contributed by atoms with E-state index in [1.165, 1.54) is 18.2 Å². The van der Waals surface area contributed by atoms with Gasteiger partial charge in [-0.3, -0.25) is 9.36 Å². The summed E-state index contributed by atoms with van der Waals surface area (Å²) in [5, 5.41) is 9.54. The van der Waals surface area contributed by atoms with Gasteiger partial charge >= 0.3 is 5.91 Å². The lowest BCUT2D eigenvalue weighted by atomic mass is 10.2. The van der Waals surface area contributed by atoms with Crippen molar-refractivity contribution in [3.05, 3.63) is 71.3 Å². The van der Waals surface area contributed by atoms with Crippen LogP contribution in [0.2, 0.25) is 0 Å². The molecular formula is C19H17F2N3O3S. The van der Waals surface area contributed by atoms with E-state index in [9.17, 15) is 23.2 Å². The molecule has 2 N–H and O–H groups in total. The van der Waals surface area contributed by atoms with Crippen molar-refractivity contribution < 1.29 is 23.2 Å². The molecule has 0 aliphatic rings. The van der Waals surface area contributed by atoms with Gasteiger partial charge in [0.05, 0.1) is 0 Å². The van der Waals surface area contributed by atoms with Crippen LogP contribution in [0, 0.1) is 13.8 Å². The molecule has 0 bridgehead atoms. The molecule has 3 aromatic rings. The van der Waals surface area contributed by atoms with Crippen LogP contribution in [0.3, 0.4) is 0 Å². The smallest absolute Gasteiger partial charge is 0.313 e. The maximum atomic E-state index is 13.7. The summed E-state index contributed by atoms with van der Waals surface area (Å²) in [5.74, 6) is -1.12. The molecule has 0 aliphatic heterocycles. The number of phenols is 1. The number of hydrogen-bond acceptors (Lipinski definition) is 4. The third-order valence-electron chi connectivity index (χ3n) is 4.06. The zero-order valence-electron chi connectivity index (χ0n) is 15.0. The van der Waals surface area contributed by atoms with E-state index in [-0.39, 0.29) is 10.6 Å². The highest BCUT2D eigenvalue weighted by Gasteiger charge is 2.29. The molecular weight excluding hydrogens is 388 g/mol. The minimum atomic E-state index is -2.97. The van der Waals surface area contributed by atoms with Gasteiger partial charge in [0, 0.05) is 17.3 Å². The molecule has 1 amide bonds. The summed E-state index contributed by atoms with van der Waals surface area (Å²) in [4.78, 5) is 16.5. The van der Waals surface area contributed by atoms with Crippen molar-refractivity contribution in [3.63, 3.8) is 0 Å². The summed E-state index contributed by atoms with van der Waals surface area (Å²) in [7, 11) is 0. The van der Waals surface area contributed by atoms with Crippen molar-refractivity contribution in [1.82, 2.24) is 14.3 Å². The molecule has 0 radical (unpaired) electrons. The second-order valence-electron chi connectivity index (χ2n) is 6.14. The van der Waals surface area contributed by atoms with Crippen molar-refractivity contribution in [2.24, 2.45) is 0 Å². The minimum absolute atomic E-state index is 0.125. The molecule has 0 fully saturated rings. The van der Waals surface area contributed by atoms with E-state index in [4.69, 9.17) is 0 Å². The second kappa shape index (κ2) is 7.99. The van der Waals surface area contributed by atoms with Crippen LogP contribution in [0.15, 0.2) is 53.7 Å². The molecule has 1 unspecified atom stereocenters. The van der Waals surface area contributed by atoms with E-state index < -0.39 is 35.1 Å². The first-order valence-corrected chi connectivity index (χ1v) is 9.37. The maximum Gasteiger partial charge on any atom is 0.313 e. The quantitative estimate of drug-likeness (QED) is 0.635. The van der Waals surface area contributed by atoms with Crippen LogP contribution in [0.4, 0.5) is 8.78 Å². The first kappa shape index (κ1) is 19.8. The number of benzene rings is 2. The predicted octanol–water partition coefficient (Wildman–Crippen LogP) is 3.58. The van der Waals surface area contributed by atoms with Gasteiger partial charge in [0.15, 0.2) is 10.6 Å². The van der Waals surface area contributed by atoms with Crippen molar-refractivity contribution in [2.45, 2.75) is 25.2 Å². The molecule has 0 aliphatic carbocycles. The molecule has 9 heteroatoms. The zero-order chi connectivity index (χ0) is 20.4. The van der Waals surface area contributed by atoms with Gasteiger partial charge in [-0.15, -0.1) is 0 Å². The molecule has 2 aromatic carbocycles. The number of phenolic OH excluding ortho intramolecular Hbond substituents is 1. The van der Waals surface area contributed by atoms with Crippen molar-refractivity contribution in [1.29, 1.82) is 0 Å². The standard InChI is InChI=1S/C19H17F2N3O3S/c1-11-4-3-5-13(8-11)24-10-22-16(17(24)18(20)21)19(26)23-28(27)15-9-14(25)7-6-12(15)2/h3-10,18,25H,1-2H3,(H,23,26). The van der Waals surface area contributed by atoms with Crippen molar-refractivity contribution >= 4 is 17.3 Å². The molecule has 0 saturated heterocycles. The number of alkyl halides is 2. The number of nitrogens with one attached hydrogen (secondary N) is 1. The highest BCUT2D eigenvalue weighted by atomic mass is 32.2. The summed E-state index contributed by atoms with van der Waals surface area (Å²) in [6.45, 7) is 3.47. The van der Waals surface area contributed by atoms with Gasteiger partial charge < -0.3 is 9.66 Å². The first-order chi connectivity index (χ1) is 13.3. The summed E-state index contributed by atoms with van der Waals surface area (Å²) >= 11 is -2.05. The molecule has 6 nitrogen and oxygen atoms in total. The summed E-state index contributed by atoms with van der Waals surface area (Å²) < 4.78 is 43.1. The van der Waals surface area contributed by atoms with Crippen LogP contribution in [0.5, 0.6) is 5.75 Å². The predicted molar refractivity (Wildman–Crippen MR) is 100.0 cm³/mol. The number of amides is 1. The van der Waals surface area contributed by atoms with E-state index in [0.29, 0.717) is 11.3 Å². The molecule has 146 valence electrons. The molecule has 1 heterocycles. The Balaban J connectivity index is 1.93. The number of aromatic nitrogens is 2. The van der Waals surface area contributed by atoms with Crippen LogP contribution in [-0.4, -0.2) is 25.1 Å². The minimum Gasteiger partial charge on any atom is -0.588 e. The largest absolute Gasteiger partial charge is 0.588 e. The fourth-order valence-electron chi connectivity index (χ4n) is 2.70. The van der Waals surface area contributed by atoms with Gasteiger partial charge in [-0.05, 0) is 37.6 Å². The number of aromatic hydroxyl groups is 1. The number of halogens is 2. The lowest BCUT2D eigenvalue weighted by molar-refractivity contribution is 0.0959. The van der Waals surface area contributed by atoms with E-state index in [2.05, 4.69) is 9.71 Å². The lowest BCUT2D eigenvalue weighted by Gasteiger charge is -2.13. The van der Waals surface area contributed by atoms with E-state index in [1.807, 2.05) is 13.0 Å². The number of rotatable bonds is 5. The number of aryl methyl sites for hydroxylation is 2. The van der Waals surface area contributed by atoms with Gasteiger partial charge in [0.25, 0.3) is 6.43 Å². The van der Waals surface area contributed by atoms with Gasteiger partial charge in [0.1, 0.15) is 29.1 Å². The second-order valence-corrected chi connectivity index (χ2v) is 7.32. The van der Waals surface area contributed by atoms with Crippen LogP contribution >= 0.6 is 0 Å². The lowest BCUT2D eigenvalue weighted by Crippen LogP contribution is -2.32. The average molecular weight is 405 g/mol. The highest BCUT2D eigenvalue weighted by molar-refractivity contribution is 7.90. The molecule has 1 atom stereocenters. The summed E-state index contributed by atoms with van der Waals surface area (Å²) in [5.41, 5.74) is 0.760. The van der Waals surface area contributed by atoms with Crippen molar-refractivity contribution in [2.75, 3.05) is 0 Å². The Morgan fingerprint density at radius 1 is 1.25 bits per heavy atom. The molecule has 0 spiro atoms. The zero-order valence-corrected chi connectivity index (χ0v) is 15.8. The number of nitrogens with zero attached hydrogens (tertiary/aromatic N) is 2. The molecule has 3 rings (SSSR count). The van der Waals surface area contributed by atoms with Gasteiger partial charge in [-0.1, -0.05) is 18.2 Å². The van der Waals surface area contributed by atoms with E-state index in [1.54, 1.807) is 25.1 Å². The van der Waals surface area contributed by atoms with Crippen LogP contribution in [0.25, 0.3) is 5.69 Å². The third kappa shape index (κ3) is 4.00. The summed E-state index contributed by atoms with van der Waals surface area (Å²) in [6.07, 6.45) is -1.84. The van der Waals surface area contributed by atoms with Crippen LogP contribution in [0.1, 0.15) is 33.7 Å². The Kier molecular flexibility index (Phi) is 5.66. The van der Waals surface area contributed by atoms with Gasteiger partial charge in [0.2, 0.25) is 0 Å². The topological polar surface area (TPSA) is 90.2 Å². The fourth-order valence-corrected chi connectivity index (χ4v) is 3.66. The maximum absolute atomic E-state index is 13.7. The average Bonchev–Trinajstić information content (AvgIpc) is 3.09. The Hall–Kier alpha value is -2.91. The van der Waals surface area contributed by atoms with E-state index >= 15 is 0 Å². The normalized spacial score (nSPS) is 12.2. The Morgan fingerprint density at radius 3 is 2.68 bits per heavy atom. The monoisotopic (exact) mass is 405 g/mol.